The third-order valence-corrected chi connectivity index (χ3v) is 0.996. The maximum atomic E-state index is 8.51. The van der Waals surface area contributed by atoms with Gasteiger partial charge in [0.15, 0.2) is 0 Å². The number of rotatable bonds is 7. The van der Waals surface area contributed by atoms with Crippen LogP contribution in [-0.2, 0) is 14.2 Å². The highest BCUT2D eigenvalue weighted by Crippen LogP contribution is 1.89. The Morgan fingerprint density at radius 3 is 2.27 bits per heavy atom. The monoisotopic (exact) mass is 166 g/mol. The van der Waals surface area contributed by atoms with Gasteiger partial charge in [-0.15, -0.1) is 0 Å². The maximum Gasteiger partial charge on any atom is 0.150 e. The predicted octanol–water partition coefficient (Wildman–Crippen LogP) is -1.07. The van der Waals surface area contributed by atoms with Crippen LogP contribution in [0.4, 0.5) is 0 Å². The fourth-order valence-electron chi connectivity index (χ4n) is 0.425. The van der Waals surface area contributed by atoms with Crippen LogP contribution in [0.1, 0.15) is 0 Å². The van der Waals surface area contributed by atoms with E-state index in [0.29, 0.717) is 0 Å². The largest absolute Gasteiger partial charge is 0.394 e. The lowest BCUT2D eigenvalue weighted by Gasteiger charge is -2.11. The van der Waals surface area contributed by atoms with Gasteiger partial charge in [-0.05, 0) is 0 Å². The quantitative estimate of drug-likeness (QED) is 0.372. The molecule has 0 fully saturated rings. The molecule has 2 N–H and O–H groups in total. The Bertz CT molecular complexity index is 73.4. The van der Waals surface area contributed by atoms with Gasteiger partial charge in [0.25, 0.3) is 0 Å². The van der Waals surface area contributed by atoms with E-state index in [2.05, 4.69) is 4.74 Å². The molecule has 0 aromatic heterocycles. The molecule has 0 atom stereocenters. The molecule has 68 valence electrons. The first-order chi connectivity index (χ1) is 5.35. The lowest BCUT2D eigenvalue weighted by molar-refractivity contribution is -0.154. The summed E-state index contributed by atoms with van der Waals surface area (Å²) in [5.41, 5.74) is 0. The van der Waals surface area contributed by atoms with Crippen LogP contribution in [0.3, 0.4) is 0 Å². The molecule has 0 aliphatic carbocycles. The average Bonchev–Trinajstić information content (AvgIpc) is 2.05. The summed E-state index contributed by atoms with van der Waals surface area (Å²) in [5, 5.41) is 17.0. The highest BCUT2D eigenvalue weighted by molar-refractivity contribution is 4.48. The highest BCUT2D eigenvalue weighted by atomic mass is 16.7. The van der Waals surface area contributed by atoms with Gasteiger partial charge in [-0.25, -0.2) is 0 Å². The van der Waals surface area contributed by atoms with Crippen molar-refractivity contribution in [2.45, 2.75) is 6.10 Å². The number of hydrogen-bond donors (Lipinski definition) is 2. The summed E-state index contributed by atoms with van der Waals surface area (Å²) in [6.07, 6.45) is -0.563. The number of methoxy groups -OCH3 is 1. The van der Waals surface area contributed by atoms with E-state index >= 15 is 0 Å². The smallest absolute Gasteiger partial charge is 0.150 e. The molecule has 0 amide bonds. The minimum absolute atomic E-state index is 0.0135. The van der Waals surface area contributed by atoms with Crippen molar-refractivity contribution in [2.24, 2.45) is 0 Å². The van der Waals surface area contributed by atoms with Crippen LogP contribution >= 0.6 is 0 Å². The molecule has 11 heavy (non-hydrogen) atoms. The molecule has 0 spiro atoms. The van der Waals surface area contributed by atoms with Crippen LogP contribution in [0.5, 0.6) is 0 Å². The van der Waals surface area contributed by atoms with Crippen LogP contribution in [-0.4, -0.2) is 50.2 Å². The molecule has 0 heterocycles. The lowest BCUT2D eigenvalue weighted by atomic mass is 10.4. The Balaban J connectivity index is 3.07. The topological polar surface area (TPSA) is 68.2 Å². The van der Waals surface area contributed by atoms with Gasteiger partial charge in [-0.3, -0.25) is 0 Å². The molecular weight excluding hydrogens is 152 g/mol. The first kappa shape index (κ1) is 10.8. The lowest BCUT2D eigenvalue weighted by Crippen LogP contribution is -2.23. The molecule has 0 rings (SSSR count). The Labute approximate surface area is 65.5 Å². The van der Waals surface area contributed by atoms with E-state index in [4.69, 9.17) is 19.7 Å². The van der Waals surface area contributed by atoms with Crippen molar-refractivity contribution in [3.63, 3.8) is 0 Å². The van der Waals surface area contributed by atoms with Gasteiger partial charge >= 0.3 is 0 Å². The van der Waals surface area contributed by atoms with E-state index in [0.717, 1.165) is 0 Å². The third-order valence-electron chi connectivity index (χ3n) is 0.996. The minimum Gasteiger partial charge on any atom is -0.394 e. The van der Waals surface area contributed by atoms with Gasteiger partial charge in [-0.1, -0.05) is 0 Å². The Kier molecular flexibility index (Phi) is 7.76. The minimum atomic E-state index is -0.563. The van der Waals surface area contributed by atoms with Gasteiger partial charge in [0, 0.05) is 7.11 Å². The molecule has 5 nitrogen and oxygen atoms in total. The van der Waals surface area contributed by atoms with Gasteiger partial charge < -0.3 is 24.4 Å². The Morgan fingerprint density at radius 1 is 1.18 bits per heavy atom. The van der Waals surface area contributed by atoms with Crippen LogP contribution < -0.4 is 0 Å². The van der Waals surface area contributed by atoms with E-state index in [9.17, 15) is 0 Å². The number of aliphatic hydroxyl groups is 2. The first-order valence-corrected chi connectivity index (χ1v) is 3.25. The summed E-state index contributed by atoms with van der Waals surface area (Å²) < 4.78 is 14.2. The molecule has 0 aliphatic heterocycles. The van der Waals surface area contributed by atoms with Crippen molar-refractivity contribution in [1.82, 2.24) is 0 Å². The standard InChI is InChI=1S/C6H14O5/c1-9-4-10-5-11-6(2-7)3-8/h6-8H,2-5H2,1H3. The zero-order valence-electron chi connectivity index (χ0n) is 6.52. The van der Waals surface area contributed by atoms with Crippen LogP contribution in [0.25, 0.3) is 0 Å². The van der Waals surface area contributed by atoms with Gasteiger partial charge in [0.2, 0.25) is 0 Å². The Hall–Kier alpha value is -0.200. The fraction of sp³-hybridized carbons (Fsp3) is 1.00. The van der Waals surface area contributed by atoms with Gasteiger partial charge in [0.1, 0.15) is 19.7 Å². The van der Waals surface area contributed by atoms with Crippen molar-refractivity contribution >= 4 is 0 Å². The van der Waals surface area contributed by atoms with Gasteiger partial charge in [-0.2, -0.15) is 0 Å². The zero-order chi connectivity index (χ0) is 8.53. The van der Waals surface area contributed by atoms with Crippen molar-refractivity contribution < 1.29 is 24.4 Å². The Morgan fingerprint density at radius 2 is 1.82 bits per heavy atom. The summed E-state index contributed by atoms with van der Waals surface area (Å²) in [6, 6.07) is 0. The van der Waals surface area contributed by atoms with E-state index < -0.39 is 6.10 Å². The normalized spacial score (nSPS) is 10.9. The van der Waals surface area contributed by atoms with Gasteiger partial charge in [0.05, 0.1) is 13.2 Å². The van der Waals surface area contributed by atoms with Crippen LogP contribution in [0.2, 0.25) is 0 Å². The fourth-order valence-corrected chi connectivity index (χ4v) is 0.425. The molecule has 0 saturated carbocycles. The zero-order valence-corrected chi connectivity index (χ0v) is 6.52. The molecule has 0 aliphatic rings. The predicted molar refractivity (Wildman–Crippen MR) is 36.9 cm³/mol. The van der Waals surface area contributed by atoms with Crippen LogP contribution in [0, 0.1) is 0 Å². The van der Waals surface area contributed by atoms with E-state index in [1.54, 1.807) is 0 Å². The second kappa shape index (κ2) is 7.90. The number of aliphatic hydroxyl groups excluding tert-OH is 2. The number of ether oxygens (including phenoxy) is 3. The van der Waals surface area contributed by atoms with Crippen molar-refractivity contribution in [3.8, 4) is 0 Å². The highest BCUT2D eigenvalue weighted by Gasteiger charge is 2.04. The van der Waals surface area contributed by atoms with E-state index in [1.165, 1.54) is 7.11 Å². The molecular formula is C6H14O5. The summed E-state index contributed by atoms with van der Waals surface area (Å²) in [7, 11) is 1.50. The van der Waals surface area contributed by atoms with Crippen molar-refractivity contribution in [2.75, 3.05) is 33.9 Å². The van der Waals surface area contributed by atoms with E-state index in [1.807, 2.05) is 0 Å². The SMILES string of the molecule is COCOCOC(CO)CO. The molecule has 5 heteroatoms. The second-order valence-electron chi connectivity index (χ2n) is 1.88. The maximum absolute atomic E-state index is 8.51. The summed E-state index contributed by atoms with van der Waals surface area (Å²) in [4.78, 5) is 0. The molecule has 0 bridgehead atoms. The summed E-state index contributed by atoms with van der Waals surface area (Å²) in [5.74, 6) is 0. The molecule has 0 aromatic carbocycles. The van der Waals surface area contributed by atoms with Crippen molar-refractivity contribution in [3.05, 3.63) is 0 Å². The molecule has 0 saturated heterocycles. The first-order valence-electron chi connectivity index (χ1n) is 3.25. The second-order valence-corrected chi connectivity index (χ2v) is 1.88. The summed E-state index contributed by atoms with van der Waals surface area (Å²) >= 11 is 0. The molecule has 0 radical (unpaired) electrons. The van der Waals surface area contributed by atoms with Crippen molar-refractivity contribution in [1.29, 1.82) is 0 Å². The summed E-state index contributed by atoms with van der Waals surface area (Å²) in [6.45, 7) is -0.275. The number of hydrogen-bond acceptors (Lipinski definition) is 5. The van der Waals surface area contributed by atoms with Crippen LogP contribution in [0.15, 0.2) is 0 Å². The third kappa shape index (κ3) is 6.21. The molecule has 0 unspecified atom stereocenters. The molecule has 0 aromatic rings. The van der Waals surface area contributed by atoms with E-state index in [-0.39, 0.29) is 26.8 Å². The average molecular weight is 166 g/mol.